The SMILES string of the molecule is O=NCCC[C@@H](CC(=O)O)N=O. The first-order valence-electron chi connectivity index (χ1n) is 3.54. The van der Waals surface area contributed by atoms with Gasteiger partial charge in [-0.3, -0.25) is 4.79 Å². The quantitative estimate of drug-likeness (QED) is 0.462. The molecule has 12 heavy (non-hydrogen) atoms. The van der Waals surface area contributed by atoms with E-state index in [9.17, 15) is 14.6 Å². The van der Waals surface area contributed by atoms with Crippen LogP contribution < -0.4 is 0 Å². The van der Waals surface area contributed by atoms with Crippen LogP contribution in [0.2, 0.25) is 0 Å². The van der Waals surface area contributed by atoms with E-state index in [1.165, 1.54) is 0 Å². The molecule has 0 aromatic rings. The van der Waals surface area contributed by atoms with Crippen LogP contribution in [0.1, 0.15) is 19.3 Å². The molecule has 1 atom stereocenters. The lowest BCUT2D eigenvalue weighted by atomic mass is 10.1. The third kappa shape index (κ3) is 5.45. The minimum atomic E-state index is -1.06. The molecule has 0 saturated heterocycles. The molecule has 6 nitrogen and oxygen atoms in total. The van der Waals surface area contributed by atoms with Crippen molar-refractivity contribution in [3.8, 4) is 0 Å². The number of carbonyl (C=O) groups is 1. The Morgan fingerprint density at radius 3 is 2.50 bits per heavy atom. The molecule has 0 fully saturated rings. The molecule has 6 heteroatoms. The van der Waals surface area contributed by atoms with Crippen molar-refractivity contribution in [3.05, 3.63) is 9.81 Å². The number of aliphatic carboxylic acids is 1. The summed E-state index contributed by atoms with van der Waals surface area (Å²) in [5, 5.41) is 13.5. The van der Waals surface area contributed by atoms with E-state index in [0.717, 1.165) is 0 Å². The summed E-state index contributed by atoms with van der Waals surface area (Å²) in [5.74, 6) is -1.06. The summed E-state index contributed by atoms with van der Waals surface area (Å²) in [7, 11) is 0. The van der Waals surface area contributed by atoms with Gasteiger partial charge in [-0.2, -0.15) is 9.81 Å². The standard InChI is InChI=1S/C6H10N2O4/c9-6(10)4-5(8-12)2-1-3-7-11/h5H,1-4H2,(H,9,10)/t5-/m0/s1. The minimum Gasteiger partial charge on any atom is -0.481 e. The highest BCUT2D eigenvalue weighted by Crippen LogP contribution is 2.06. The molecular weight excluding hydrogens is 164 g/mol. The van der Waals surface area contributed by atoms with Crippen molar-refractivity contribution in [1.29, 1.82) is 0 Å². The van der Waals surface area contributed by atoms with Gasteiger partial charge in [0.15, 0.2) is 0 Å². The maximum Gasteiger partial charge on any atom is 0.305 e. The Labute approximate surface area is 68.9 Å². The summed E-state index contributed by atoms with van der Waals surface area (Å²) >= 11 is 0. The van der Waals surface area contributed by atoms with Crippen LogP contribution in [0.4, 0.5) is 0 Å². The van der Waals surface area contributed by atoms with Crippen molar-refractivity contribution in [2.75, 3.05) is 6.54 Å². The van der Waals surface area contributed by atoms with Crippen molar-refractivity contribution in [3.63, 3.8) is 0 Å². The summed E-state index contributed by atoms with van der Waals surface area (Å²) in [6.07, 6.45) is 0.442. The van der Waals surface area contributed by atoms with Crippen LogP contribution in [0.25, 0.3) is 0 Å². The number of carboxylic acids is 1. The van der Waals surface area contributed by atoms with E-state index in [0.29, 0.717) is 12.8 Å². The Kier molecular flexibility index (Phi) is 5.68. The molecule has 0 heterocycles. The van der Waals surface area contributed by atoms with Crippen LogP contribution >= 0.6 is 0 Å². The zero-order chi connectivity index (χ0) is 9.40. The zero-order valence-corrected chi connectivity index (χ0v) is 6.47. The Hall–Kier alpha value is -1.33. The summed E-state index contributed by atoms with van der Waals surface area (Å²) in [6, 6.07) is -0.732. The highest BCUT2D eigenvalue weighted by molar-refractivity contribution is 5.67. The van der Waals surface area contributed by atoms with Gasteiger partial charge in [-0.05, 0) is 12.8 Å². The molecule has 0 aromatic carbocycles. The van der Waals surface area contributed by atoms with E-state index in [-0.39, 0.29) is 13.0 Å². The Morgan fingerprint density at radius 1 is 1.42 bits per heavy atom. The van der Waals surface area contributed by atoms with Crippen molar-refractivity contribution in [2.24, 2.45) is 10.4 Å². The van der Waals surface area contributed by atoms with Gasteiger partial charge in [0.05, 0.1) is 13.0 Å². The van der Waals surface area contributed by atoms with Gasteiger partial charge in [0.25, 0.3) is 0 Å². The van der Waals surface area contributed by atoms with Crippen LogP contribution in [0.3, 0.4) is 0 Å². The third-order valence-electron chi connectivity index (χ3n) is 1.35. The molecule has 0 saturated carbocycles. The number of rotatable bonds is 7. The molecule has 0 unspecified atom stereocenters. The highest BCUT2D eigenvalue weighted by Gasteiger charge is 2.12. The molecule has 0 amide bonds. The van der Waals surface area contributed by atoms with Crippen LogP contribution in [0.15, 0.2) is 10.4 Å². The lowest BCUT2D eigenvalue weighted by Gasteiger charge is -2.02. The molecule has 0 radical (unpaired) electrons. The fourth-order valence-electron chi connectivity index (χ4n) is 0.785. The van der Waals surface area contributed by atoms with Crippen molar-refractivity contribution >= 4 is 5.97 Å². The number of nitrogens with zero attached hydrogens (tertiary/aromatic N) is 2. The van der Waals surface area contributed by atoms with Gasteiger partial charge in [-0.1, -0.05) is 10.4 Å². The van der Waals surface area contributed by atoms with Gasteiger partial charge in [0.1, 0.15) is 6.04 Å². The lowest BCUT2D eigenvalue weighted by Crippen LogP contribution is -2.10. The Morgan fingerprint density at radius 2 is 2.08 bits per heavy atom. The summed E-state index contributed by atoms with van der Waals surface area (Å²) in [5.41, 5.74) is 0. The van der Waals surface area contributed by atoms with Gasteiger partial charge in [-0.25, -0.2) is 0 Å². The van der Waals surface area contributed by atoms with E-state index in [1.807, 2.05) is 0 Å². The van der Waals surface area contributed by atoms with Gasteiger partial charge in [0.2, 0.25) is 0 Å². The summed E-state index contributed by atoms with van der Waals surface area (Å²) in [4.78, 5) is 29.8. The second-order valence-electron chi connectivity index (χ2n) is 2.35. The number of hydrogen-bond acceptors (Lipinski definition) is 5. The van der Waals surface area contributed by atoms with Gasteiger partial charge < -0.3 is 5.11 Å². The molecule has 0 aliphatic carbocycles. The van der Waals surface area contributed by atoms with Crippen molar-refractivity contribution in [2.45, 2.75) is 25.3 Å². The molecular formula is C6H10N2O4. The topological polar surface area (TPSA) is 96.2 Å². The lowest BCUT2D eigenvalue weighted by molar-refractivity contribution is -0.137. The first-order chi connectivity index (χ1) is 5.70. The van der Waals surface area contributed by atoms with E-state index in [4.69, 9.17) is 5.11 Å². The van der Waals surface area contributed by atoms with E-state index in [1.54, 1.807) is 0 Å². The summed E-state index contributed by atoms with van der Waals surface area (Å²) < 4.78 is 0. The Balaban J connectivity index is 3.59. The van der Waals surface area contributed by atoms with Gasteiger partial charge in [-0.15, -0.1) is 0 Å². The average molecular weight is 174 g/mol. The summed E-state index contributed by atoms with van der Waals surface area (Å²) in [6.45, 7) is 0.103. The molecule has 0 aliphatic heterocycles. The van der Waals surface area contributed by atoms with Crippen molar-refractivity contribution in [1.82, 2.24) is 0 Å². The fourth-order valence-corrected chi connectivity index (χ4v) is 0.785. The van der Waals surface area contributed by atoms with Gasteiger partial charge >= 0.3 is 5.97 Å². The second-order valence-corrected chi connectivity index (χ2v) is 2.35. The molecule has 0 aliphatic rings. The maximum absolute atomic E-state index is 10.1. The number of nitroso groups, excluding NO2 is 2. The smallest absolute Gasteiger partial charge is 0.305 e. The van der Waals surface area contributed by atoms with Crippen LogP contribution in [-0.2, 0) is 4.79 Å². The molecule has 0 aromatic heterocycles. The maximum atomic E-state index is 10.1. The first-order valence-corrected chi connectivity index (χ1v) is 3.54. The molecule has 0 spiro atoms. The predicted molar refractivity (Wildman–Crippen MR) is 41.7 cm³/mol. The van der Waals surface area contributed by atoms with Crippen LogP contribution in [0.5, 0.6) is 0 Å². The number of hydrogen-bond donors (Lipinski definition) is 1. The molecule has 68 valence electrons. The third-order valence-corrected chi connectivity index (χ3v) is 1.35. The molecule has 0 rings (SSSR count). The highest BCUT2D eigenvalue weighted by atomic mass is 16.4. The predicted octanol–water partition coefficient (Wildman–Crippen LogP) is 1.14. The van der Waals surface area contributed by atoms with Crippen molar-refractivity contribution < 1.29 is 9.90 Å². The monoisotopic (exact) mass is 174 g/mol. The molecule has 0 bridgehead atoms. The van der Waals surface area contributed by atoms with Gasteiger partial charge in [0, 0.05) is 0 Å². The van der Waals surface area contributed by atoms with E-state index in [2.05, 4.69) is 10.4 Å². The average Bonchev–Trinajstić information content (AvgIpc) is 2.02. The second kappa shape index (κ2) is 6.38. The van der Waals surface area contributed by atoms with Crippen LogP contribution in [0, 0.1) is 9.81 Å². The van der Waals surface area contributed by atoms with E-state index < -0.39 is 12.0 Å². The van der Waals surface area contributed by atoms with Crippen LogP contribution in [-0.4, -0.2) is 23.7 Å². The first kappa shape index (κ1) is 10.7. The normalized spacial score (nSPS) is 12.0. The largest absolute Gasteiger partial charge is 0.481 e. The minimum absolute atomic E-state index is 0.103. The zero-order valence-electron chi connectivity index (χ0n) is 6.47. The Bertz CT molecular complexity index is 171. The van der Waals surface area contributed by atoms with E-state index >= 15 is 0 Å². The fraction of sp³-hybridized carbons (Fsp3) is 0.833. The molecule has 1 N–H and O–H groups in total. The number of carboxylic acid groups (broad SMARTS) is 1.